The van der Waals surface area contributed by atoms with Crippen molar-refractivity contribution < 1.29 is 23.2 Å². The number of nitrogens with one attached hydrogen (secondary N) is 1. The lowest BCUT2D eigenvalue weighted by molar-refractivity contribution is -0.120. The summed E-state index contributed by atoms with van der Waals surface area (Å²) in [5.41, 5.74) is -0.856. The SMILES string of the molecule is [2H]C([2H])([2H])N(CC(C)=O)C(=NC(=O)OC(C)(C)C)NC(=O)CCCCCCC/C=C\CCCCCCCC. The first kappa shape index (κ1) is 27.4. The van der Waals surface area contributed by atoms with Gasteiger partial charge in [-0.3, -0.25) is 14.9 Å². The molecule has 0 unspecified atom stereocenters. The minimum absolute atomic E-state index is 0.153. The summed E-state index contributed by atoms with van der Waals surface area (Å²) in [7, 11) is 0. The summed E-state index contributed by atoms with van der Waals surface area (Å²) in [6, 6.07) is 0. The average Bonchev–Trinajstić information content (AvgIpc) is 2.77. The van der Waals surface area contributed by atoms with Crippen LogP contribution in [0.3, 0.4) is 0 Å². The largest absolute Gasteiger partial charge is 0.442 e. The number of ether oxygens (including phenoxy) is 1. The van der Waals surface area contributed by atoms with Crippen molar-refractivity contribution in [2.75, 3.05) is 13.5 Å². The first-order valence-corrected chi connectivity index (χ1v) is 13.3. The average molecular weight is 497 g/mol. The zero-order valence-electron chi connectivity index (χ0n) is 25.8. The molecule has 0 saturated carbocycles. The summed E-state index contributed by atoms with van der Waals surface area (Å²) in [4.78, 5) is 40.7. The minimum Gasteiger partial charge on any atom is -0.442 e. The van der Waals surface area contributed by atoms with Crippen LogP contribution < -0.4 is 5.32 Å². The van der Waals surface area contributed by atoms with E-state index < -0.39 is 42.9 Å². The van der Waals surface area contributed by atoms with Crippen molar-refractivity contribution >= 4 is 23.7 Å². The number of guanidine groups is 1. The molecule has 0 heterocycles. The first-order valence-electron chi connectivity index (χ1n) is 14.8. The lowest BCUT2D eigenvalue weighted by atomic mass is 10.1. The van der Waals surface area contributed by atoms with Crippen molar-refractivity contribution in [2.45, 2.75) is 130 Å². The third kappa shape index (κ3) is 22.1. The number of hydrogen-bond acceptors (Lipinski definition) is 4. The van der Waals surface area contributed by atoms with Crippen LogP contribution in [0.1, 0.15) is 129 Å². The number of carbonyl (C=O) groups is 3. The molecule has 202 valence electrons. The van der Waals surface area contributed by atoms with Gasteiger partial charge in [-0.05, 0) is 59.8 Å². The molecule has 0 bridgehead atoms. The number of rotatable bonds is 17. The lowest BCUT2D eigenvalue weighted by Crippen LogP contribution is -2.44. The van der Waals surface area contributed by atoms with Crippen LogP contribution in [0.5, 0.6) is 0 Å². The van der Waals surface area contributed by atoms with Gasteiger partial charge in [-0.1, -0.05) is 70.4 Å². The van der Waals surface area contributed by atoms with Crippen LogP contribution in [0.4, 0.5) is 4.79 Å². The van der Waals surface area contributed by atoms with Crippen molar-refractivity contribution in [2.24, 2.45) is 4.99 Å². The molecule has 2 amide bonds. The van der Waals surface area contributed by atoms with E-state index in [0.717, 1.165) is 38.5 Å². The van der Waals surface area contributed by atoms with Crippen molar-refractivity contribution in [1.29, 1.82) is 0 Å². The highest BCUT2D eigenvalue weighted by Gasteiger charge is 2.19. The standard InChI is InChI=1S/C28H51N3O4/c1-7-8-9-10-11-12-13-14-15-16-17-18-19-20-21-22-25(33)29-26(31(6)23-24(2)32)30-27(34)35-28(3,4)5/h14-15H,7-13,16-23H2,1-6H3,(H,29,30,33,34)/b15-14-/i6D3. The molecule has 7 nitrogen and oxygen atoms in total. The van der Waals surface area contributed by atoms with Gasteiger partial charge in [0.25, 0.3) is 0 Å². The number of hydrogen-bond donors (Lipinski definition) is 1. The van der Waals surface area contributed by atoms with E-state index in [1.165, 1.54) is 45.4 Å². The molecule has 35 heavy (non-hydrogen) atoms. The third-order valence-electron chi connectivity index (χ3n) is 5.14. The van der Waals surface area contributed by atoms with E-state index in [-0.39, 0.29) is 6.42 Å². The molecule has 0 aliphatic rings. The van der Waals surface area contributed by atoms with E-state index >= 15 is 0 Å². The Kier molecular flexibility index (Phi) is 15.7. The third-order valence-corrected chi connectivity index (χ3v) is 5.14. The van der Waals surface area contributed by atoms with Crippen LogP contribution in [-0.2, 0) is 14.3 Å². The van der Waals surface area contributed by atoms with Crippen LogP contribution in [0.25, 0.3) is 0 Å². The highest BCUT2D eigenvalue weighted by atomic mass is 16.6. The molecule has 7 heteroatoms. The van der Waals surface area contributed by atoms with Crippen LogP contribution >= 0.6 is 0 Å². The van der Waals surface area contributed by atoms with Crippen molar-refractivity contribution in [3.05, 3.63) is 12.2 Å². The fourth-order valence-electron chi connectivity index (χ4n) is 3.37. The Morgan fingerprint density at radius 2 is 1.46 bits per heavy atom. The van der Waals surface area contributed by atoms with E-state index in [4.69, 9.17) is 8.85 Å². The van der Waals surface area contributed by atoms with Crippen LogP contribution in [0, 0.1) is 0 Å². The number of Topliss-reactive ketones (excluding diaryl/α,β-unsaturated/α-hetero) is 1. The molecule has 0 spiro atoms. The fourth-order valence-corrected chi connectivity index (χ4v) is 3.37. The molecule has 0 radical (unpaired) electrons. The smallest absolute Gasteiger partial charge is 0.437 e. The molecule has 1 N–H and O–H groups in total. The molecule has 0 aromatic carbocycles. The van der Waals surface area contributed by atoms with E-state index in [1.807, 2.05) is 0 Å². The van der Waals surface area contributed by atoms with Gasteiger partial charge >= 0.3 is 6.09 Å². The summed E-state index contributed by atoms with van der Waals surface area (Å²) < 4.78 is 28.3. The normalized spacial score (nSPS) is 13.7. The zero-order valence-corrected chi connectivity index (χ0v) is 22.8. The van der Waals surface area contributed by atoms with Crippen LogP contribution in [-0.4, -0.2) is 47.8 Å². The monoisotopic (exact) mass is 496 g/mol. The predicted octanol–water partition coefficient (Wildman–Crippen LogP) is 6.95. The number of aliphatic imine (C=N–C) groups is 1. The molecule has 0 aromatic rings. The fraction of sp³-hybridized carbons (Fsp3) is 0.786. The summed E-state index contributed by atoms with van der Waals surface area (Å²) in [6.45, 7) is 5.05. The number of unbranched alkanes of at least 4 members (excludes halogenated alkanes) is 11. The second-order valence-electron chi connectivity index (χ2n) is 10.1. The quantitative estimate of drug-likeness (QED) is 0.102. The second kappa shape index (κ2) is 20.1. The summed E-state index contributed by atoms with van der Waals surface area (Å²) in [6.07, 6.45) is 18.5. The molecule has 0 aliphatic carbocycles. The molecule has 0 saturated heterocycles. The summed E-state index contributed by atoms with van der Waals surface area (Å²) in [5.74, 6) is -1.43. The van der Waals surface area contributed by atoms with Gasteiger partial charge in [0.05, 0.1) is 6.54 Å². The van der Waals surface area contributed by atoms with Gasteiger partial charge in [-0.15, -0.1) is 4.99 Å². The van der Waals surface area contributed by atoms with Crippen molar-refractivity contribution in [1.82, 2.24) is 10.2 Å². The number of likely N-dealkylation sites (N-methyl/N-ethyl adjacent to an activating group) is 1. The Hall–Kier alpha value is -2.18. The number of amides is 2. The van der Waals surface area contributed by atoms with Crippen molar-refractivity contribution in [3.63, 3.8) is 0 Å². The van der Waals surface area contributed by atoms with Crippen LogP contribution in [0.2, 0.25) is 0 Å². The van der Waals surface area contributed by atoms with Gasteiger partial charge in [-0.2, -0.15) is 0 Å². The van der Waals surface area contributed by atoms with Gasteiger partial charge in [-0.25, -0.2) is 4.79 Å². The Morgan fingerprint density at radius 1 is 0.914 bits per heavy atom. The number of allylic oxidation sites excluding steroid dienone is 2. The molecule has 0 fully saturated rings. The molecule has 0 aliphatic heterocycles. The highest BCUT2D eigenvalue weighted by Crippen LogP contribution is 2.11. The minimum atomic E-state index is -2.79. The number of nitrogens with zero attached hydrogens (tertiary/aromatic N) is 2. The number of carbonyl (C=O) groups excluding carboxylic acids is 3. The van der Waals surface area contributed by atoms with Gasteiger partial charge in [0.15, 0.2) is 0 Å². The van der Waals surface area contributed by atoms with E-state index in [9.17, 15) is 14.4 Å². The molecular weight excluding hydrogens is 442 g/mol. The molecule has 0 rings (SSSR count). The topological polar surface area (TPSA) is 88.1 Å². The maximum Gasteiger partial charge on any atom is 0.437 e. The van der Waals surface area contributed by atoms with Gasteiger partial charge in [0.2, 0.25) is 11.9 Å². The molecule has 0 atom stereocenters. The van der Waals surface area contributed by atoms with Gasteiger partial charge < -0.3 is 9.64 Å². The highest BCUT2D eigenvalue weighted by molar-refractivity contribution is 6.01. The number of ketones is 1. The van der Waals surface area contributed by atoms with Crippen LogP contribution in [0.15, 0.2) is 17.1 Å². The molecule has 0 aromatic heterocycles. The maximum absolute atomic E-state index is 12.5. The van der Waals surface area contributed by atoms with E-state index in [1.54, 1.807) is 20.8 Å². The Morgan fingerprint density at radius 3 is 1.97 bits per heavy atom. The lowest BCUT2D eigenvalue weighted by Gasteiger charge is -2.22. The summed E-state index contributed by atoms with van der Waals surface area (Å²) >= 11 is 0. The predicted molar refractivity (Wildman–Crippen MR) is 145 cm³/mol. The van der Waals surface area contributed by atoms with Gasteiger partial charge in [0.1, 0.15) is 11.4 Å². The first-order chi connectivity index (χ1) is 17.8. The Balaban J connectivity index is 4.52. The second-order valence-corrected chi connectivity index (χ2v) is 10.1. The van der Waals surface area contributed by atoms with Crippen molar-refractivity contribution in [3.8, 4) is 0 Å². The van der Waals surface area contributed by atoms with E-state index in [0.29, 0.717) is 11.3 Å². The summed E-state index contributed by atoms with van der Waals surface area (Å²) in [5, 5.41) is 2.41. The van der Waals surface area contributed by atoms with Gasteiger partial charge in [0, 0.05) is 17.5 Å². The maximum atomic E-state index is 12.5. The van der Waals surface area contributed by atoms with E-state index in [2.05, 4.69) is 29.4 Å². The molecular formula is C28H51N3O4. The zero-order chi connectivity index (χ0) is 29.0. The Labute approximate surface area is 218 Å². The Bertz CT molecular complexity index is 759.